The summed E-state index contributed by atoms with van der Waals surface area (Å²) in [7, 11) is 1.67. The molecule has 3 aromatic rings. The predicted molar refractivity (Wildman–Crippen MR) is 133 cm³/mol. The molecule has 1 aromatic carbocycles. The van der Waals surface area contributed by atoms with Crippen molar-refractivity contribution < 1.29 is 9.53 Å². The molecule has 1 N–H and O–H groups in total. The van der Waals surface area contributed by atoms with Crippen LogP contribution in [0.1, 0.15) is 55.5 Å². The van der Waals surface area contributed by atoms with Crippen LogP contribution in [0.3, 0.4) is 0 Å². The van der Waals surface area contributed by atoms with Gasteiger partial charge in [0, 0.05) is 0 Å². The van der Waals surface area contributed by atoms with Gasteiger partial charge in [-0.05, 0) is 93.5 Å². The van der Waals surface area contributed by atoms with Crippen molar-refractivity contribution in [1.82, 2.24) is 24.5 Å². The minimum absolute atomic E-state index is 0.120. The van der Waals surface area contributed by atoms with Crippen molar-refractivity contribution in [1.29, 1.82) is 0 Å². The van der Waals surface area contributed by atoms with Crippen molar-refractivity contribution in [2.75, 3.05) is 12.4 Å². The molecule has 2 atom stereocenters. The Morgan fingerprint density at radius 2 is 1.97 bits per heavy atom. The number of amides is 1. The summed E-state index contributed by atoms with van der Waals surface area (Å²) in [6.07, 6.45) is 7.72. The molecule has 35 heavy (non-hydrogen) atoms. The Labute approximate surface area is 210 Å². The largest absolute Gasteiger partial charge is 0.497 e. The van der Waals surface area contributed by atoms with Crippen LogP contribution in [0.25, 0.3) is 0 Å². The molecular formula is C26H31ClN6O2. The van der Waals surface area contributed by atoms with Gasteiger partial charge in [-0.25, -0.2) is 9.67 Å². The van der Waals surface area contributed by atoms with Crippen LogP contribution in [-0.4, -0.2) is 37.6 Å². The fourth-order valence-corrected chi connectivity index (χ4v) is 7.57. The van der Waals surface area contributed by atoms with E-state index < -0.39 is 5.41 Å². The number of methoxy groups -OCH3 is 1. The normalized spacial score (nSPS) is 28.9. The zero-order chi connectivity index (χ0) is 24.4. The number of anilines is 1. The number of aryl methyl sites for hydroxylation is 1. The minimum atomic E-state index is -0.393. The number of nitrogens with one attached hydrogen (secondary N) is 1. The second kappa shape index (κ2) is 8.08. The van der Waals surface area contributed by atoms with Crippen molar-refractivity contribution >= 4 is 23.2 Å². The molecule has 184 valence electrons. The first-order valence-corrected chi connectivity index (χ1v) is 12.7. The number of rotatable bonds is 6. The molecule has 4 aliphatic rings. The van der Waals surface area contributed by atoms with Crippen LogP contribution in [0.15, 0.2) is 30.6 Å². The van der Waals surface area contributed by atoms with Crippen LogP contribution in [0.4, 0.5) is 5.69 Å². The van der Waals surface area contributed by atoms with E-state index in [0.717, 1.165) is 60.5 Å². The van der Waals surface area contributed by atoms with Crippen molar-refractivity contribution in [2.45, 2.75) is 64.5 Å². The van der Waals surface area contributed by atoms with Crippen LogP contribution < -0.4 is 10.1 Å². The van der Waals surface area contributed by atoms with Gasteiger partial charge < -0.3 is 10.1 Å². The van der Waals surface area contributed by atoms with E-state index in [4.69, 9.17) is 21.4 Å². The minimum Gasteiger partial charge on any atom is -0.497 e. The summed E-state index contributed by atoms with van der Waals surface area (Å²) in [5, 5.41) is 12.8. The van der Waals surface area contributed by atoms with Crippen LogP contribution in [0.5, 0.6) is 5.75 Å². The summed E-state index contributed by atoms with van der Waals surface area (Å²) in [5.41, 5.74) is 3.16. The van der Waals surface area contributed by atoms with Gasteiger partial charge in [-0.3, -0.25) is 9.48 Å². The predicted octanol–water partition coefficient (Wildman–Crippen LogP) is 4.74. The van der Waals surface area contributed by atoms with Gasteiger partial charge >= 0.3 is 0 Å². The fraction of sp³-hybridized carbons (Fsp3) is 0.538. The molecule has 2 aromatic heterocycles. The van der Waals surface area contributed by atoms with Gasteiger partial charge in [0.15, 0.2) is 0 Å². The number of halogens is 1. The molecule has 7 rings (SSSR count). The average molecular weight is 495 g/mol. The first-order valence-electron chi connectivity index (χ1n) is 12.4. The van der Waals surface area contributed by atoms with E-state index in [2.05, 4.69) is 21.5 Å². The molecule has 4 saturated carbocycles. The number of carbonyl (C=O) groups excluding carboxylic acids is 1. The summed E-state index contributed by atoms with van der Waals surface area (Å²) >= 11 is 6.08. The standard InChI is InChI=1S/C26H31ClN6O2/c1-16-22(17(2)32(30-16)13-18-5-4-6-21(8-18)35-3)29-23(34)25-9-19-7-20(10-25)12-26(11-19,14-25)33-15-28-24(27)31-33/h4-6,8,15,19-20H,7,9-14H2,1-3H3,(H,29,34). The van der Waals surface area contributed by atoms with Crippen LogP contribution in [-0.2, 0) is 16.9 Å². The summed E-state index contributed by atoms with van der Waals surface area (Å²) in [4.78, 5) is 18.1. The topological polar surface area (TPSA) is 86.9 Å². The zero-order valence-corrected chi connectivity index (χ0v) is 21.2. The highest BCUT2D eigenvalue weighted by Crippen LogP contribution is 2.64. The lowest BCUT2D eigenvalue weighted by atomic mass is 9.46. The van der Waals surface area contributed by atoms with Crippen molar-refractivity contribution in [3.63, 3.8) is 0 Å². The number of carbonyl (C=O) groups is 1. The van der Waals surface area contributed by atoms with Gasteiger partial charge in [-0.1, -0.05) is 12.1 Å². The number of benzene rings is 1. The lowest BCUT2D eigenvalue weighted by Gasteiger charge is -2.60. The Bertz CT molecular complexity index is 1280. The highest BCUT2D eigenvalue weighted by Gasteiger charge is 2.61. The maximum atomic E-state index is 14.0. The molecule has 2 heterocycles. The molecule has 0 aliphatic heterocycles. The second-order valence-electron chi connectivity index (χ2n) is 10.9. The molecule has 9 heteroatoms. The van der Waals surface area contributed by atoms with Crippen LogP contribution in [0.2, 0.25) is 5.28 Å². The molecule has 1 amide bonds. The van der Waals surface area contributed by atoms with Crippen LogP contribution >= 0.6 is 11.6 Å². The first kappa shape index (κ1) is 22.6. The van der Waals surface area contributed by atoms with Crippen molar-refractivity contribution in [2.24, 2.45) is 17.3 Å². The van der Waals surface area contributed by atoms with E-state index in [1.165, 1.54) is 6.42 Å². The SMILES string of the molecule is COc1cccc(Cn2nc(C)c(NC(=O)C34CC5CC(C3)CC(n3cnc(Cl)n3)(C5)C4)c2C)c1. The maximum Gasteiger partial charge on any atom is 0.242 e. The van der Waals surface area contributed by atoms with Gasteiger partial charge in [0.05, 0.1) is 41.7 Å². The molecule has 4 aliphatic carbocycles. The van der Waals surface area contributed by atoms with Gasteiger partial charge in [0.1, 0.15) is 12.1 Å². The average Bonchev–Trinajstić information content (AvgIpc) is 3.37. The van der Waals surface area contributed by atoms with Gasteiger partial charge in [0.2, 0.25) is 11.2 Å². The first-order chi connectivity index (χ1) is 16.8. The summed E-state index contributed by atoms with van der Waals surface area (Å²) < 4.78 is 9.27. The number of hydrogen-bond acceptors (Lipinski definition) is 5. The number of nitrogens with zero attached hydrogens (tertiary/aromatic N) is 5. The maximum absolute atomic E-state index is 14.0. The summed E-state index contributed by atoms with van der Waals surface area (Å²) in [5.74, 6) is 2.00. The Kier molecular flexibility index (Phi) is 5.22. The third kappa shape index (κ3) is 3.73. The van der Waals surface area contributed by atoms with E-state index in [1.54, 1.807) is 13.4 Å². The van der Waals surface area contributed by atoms with Crippen LogP contribution in [0, 0.1) is 31.1 Å². The number of aromatic nitrogens is 5. The molecule has 0 spiro atoms. The fourth-order valence-electron chi connectivity index (χ4n) is 7.44. The van der Waals surface area contributed by atoms with Gasteiger partial charge in [-0.2, -0.15) is 5.10 Å². The number of ether oxygens (including phenoxy) is 1. The quantitative estimate of drug-likeness (QED) is 0.535. The third-order valence-corrected chi connectivity index (χ3v) is 8.72. The Hall–Kier alpha value is -2.87. The van der Waals surface area contributed by atoms with E-state index in [9.17, 15) is 4.79 Å². The Morgan fingerprint density at radius 3 is 2.66 bits per heavy atom. The lowest BCUT2D eigenvalue weighted by molar-refractivity contribution is -0.150. The van der Waals surface area contributed by atoms with E-state index >= 15 is 0 Å². The summed E-state index contributed by atoms with van der Waals surface area (Å²) in [6.45, 7) is 4.60. The molecule has 8 nitrogen and oxygen atoms in total. The highest BCUT2D eigenvalue weighted by atomic mass is 35.5. The summed E-state index contributed by atoms with van der Waals surface area (Å²) in [6, 6.07) is 7.98. The highest BCUT2D eigenvalue weighted by molar-refractivity contribution is 6.28. The number of hydrogen-bond donors (Lipinski definition) is 1. The van der Waals surface area contributed by atoms with Gasteiger partial charge in [0.25, 0.3) is 0 Å². The van der Waals surface area contributed by atoms with E-state index in [-0.39, 0.29) is 16.7 Å². The van der Waals surface area contributed by atoms with Crippen molar-refractivity contribution in [3.05, 3.63) is 52.8 Å². The van der Waals surface area contributed by atoms with E-state index in [0.29, 0.717) is 18.4 Å². The molecule has 4 bridgehead atoms. The lowest BCUT2D eigenvalue weighted by Crippen LogP contribution is -2.60. The van der Waals surface area contributed by atoms with E-state index in [1.807, 2.05) is 41.4 Å². The Balaban J connectivity index is 1.26. The smallest absolute Gasteiger partial charge is 0.242 e. The molecular weight excluding hydrogens is 464 g/mol. The monoisotopic (exact) mass is 494 g/mol. The molecule has 2 unspecified atom stereocenters. The molecule has 0 saturated heterocycles. The zero-order valence-electron chi connectivity index (χ0n) is 20.4. The second-order valence-corrected chi connectivity index (χ2v) is 11.3. The molecule has 0 radical (unpaired) electrons. The Morgan fingerprint density at radius 1 is 1.20 bits per heavy atom. The van der Waals surface area contributed by atoms with Gasteiger partial charge in [-0.15, -0.1) is 5.10 Å². The third-order valence-electron chi connectivity index (χ3n) is 8.55. The molecule has 4 fully saturated rings. The van der Waals surface area contributed by atoms with Crippen molar-refractivity contribution in [3.8, 4) is 5.75 Å².